The first-order valence-corrected chi connectivity index (χ1v) is 5.37. The molecule has 0 aromatic rings. The Morgan fingerprint density at radius 3 is 2.70 bits per heavy atom. The van der Waals surface area contributed by atoms with Crippen LogP contribution in [0.2, 0.25) is 0 Å². The standard InChI is InChI=1S/C6H12O2S2/c1-6(7)8-10-5-3-4-9-2/h3-5H2,1-2H3. The Kier molecular flexibility index (Phi) is 7.40. The highest BCUT2D eigenvalue weighted by Gasteiger charge is 1.92. The summed E-state index contributed by atoms with van der Waals surface area (Å²) in [5.74, 6) is 1.82. The fourth-order valence-corrected chi connectivity index (χ4v) is 1.51. The van der Waals surface area contributed by atoms with Gasteiger partial charge in [-0.25, -0.2) is 0 Å². The van der Waals surface area contributed by atoms with E-state index in [0.29, 0.717) is 0 Å². The Morgan fingerprint density at radius 1 is 1.50 bits per heavy atom. The van der Waals surface area contributed by atoms with Gasteiger partial charge < -0.3 is 4.18 Å². The number of hydrogen-bond donors (Lipinski definition) is 0. The van der Waals surface area contributed by atoms with E-state index in [-0.39, 0.29) is 5.97 Å². The average molecular weight is 180 g/mol. The Balaban J connectivity index is 2.84. The number of thioether (sulfide) groups is 1. The van der Waals surface area contributed by atoms with Crippen molar-refractivity contribution in [3.63, 3.8) is 0 Å². The van der Waals surface area contributed by atoms with Gasteiger partial charge in [-0.15, -0.1) is 0 Å². The Morgan fingerprint density at radius 2 is 2.20 bits per heavy atom. The van der Waals surface area contributed by atoms with Crippen LogP contribution in [-0.2, 0) is 8.98 Å². The first-order chi connectivity index (χ1) is 4.77. The maximum absolute atomic E-state index is 10.2. The molecule has 0 aromatic carbocycles. The summed E-state index contributed by atoms with van der Waals surface area (Å²) in [5.41, 5.74) is 0. The molecule has 0 unspecified atom stereocenters. The lowest BCUT2D eigenvalue weighted by Crippen LogP contribution is -1.91. The molecule has 0 heterocycles. The molecule has 0 rings (SSSR count). The van der Waals surface area contributed by atoms with Crippen LogP contribution in [0.1, 0.15) is 13.3 Å². The van der Waals surface area contributed by atoms with E-state index in [1.54, 1.807) is 11.8 Å². The van der Waals surface area contributed by atoms with Crippen molar-refractivity contribution in [1.82, 2.24) is 0 Å². The second-order valence-corrected chi connectivity index (χ2v) is 3.54. The van der Waals surface area contributed by atoms with E-state index in [1.807, 2.05) is 0 Å². The molecule has 2 nitrogen and oxygen atoms in total. The van der Waals surface area contributed by atoms with Crippen LogP contribution in [0.3, 0.4) is 0 Å². The van der Waals surface area contributed by atoms with Crippen molar-refractivity contribution in [3.05, 3.63) is 0 Å². The van der Waals surface area contributed by atoms with E-state index >= 15 is 0 Å². The van der Waals surface area contributed by atoms with Crippen LogP contribution in [0.15, 0.2) is 0 Å². The molecule has 0 radical (unpaired) electrons. The van der Waals surface area contributed by atoms with Gasteiger partial charge in [-0.05, 0) is 18.4 Å². The van der Waals surface area contributed by atoms with E-state index in [9.17, 15) is 4.79 Å². The molecule has 0 aromatic heterocycles. The van der Waals surface area contributed by atoms with E-state index < -0.39 is 0 Å². The van der Waals surface area contributed by atoms with E-state index in [1.165, 1.54) is 19.0 Å². The van der Waals surface area contributed by atoms with Crippen LogP contribution in [0.4, 0.5) is 0 Å². The fraction of sp³-hybridized carbons (Fsp3) is 0.833. The molecule has 0 aliphatic rings. The molecule has 0 spiro atoms. The maximum Gasteiger partial charge on any atom is 0.314 e. The Labute approximate surface area is 70.3 Å². The molecule has 0 atom stereocenters. The predicted molar refractivity (Wildman–Crippen MR) is 47.2 cm³/mol. The van der Waals surface area contributed by atoms with Crippen LogP contribution in [-0.4, -0.2) is 23.7 Å². The zero-order valence-corrected chi connectivity index (χ0v) is 7.89. The van der Waals surface area contributed by atoms with Gasteiger partial charge in [0.05, 0.1) is 12.0 Å². The minimum atomic E-state index is -0.214. The average Bonchev–Trinajstić information content (AvgIpc) is 1.87. The third kappa shape index (κ3) is 8.17. The quantitative estimate of drug-likeness (QED) is 0.477. The molecule has 0 fully saturated rings. The lowest BCUT2D eigenvalue weighted by Gasteiger charge is -1.97. The van der Waals surface area contributed by atoms with Crippen molar-refractivity contribution in [1.29, 1.82) is 0 Å². The zero-order chi connectivity index (χ0) is 7.82. The summed E-state index contributed by atoms with van der Waals surface area (Å²) >= 11 is 3.05. The SMILES string of the molecule is CSCCCSOC(C)=O. The molecule has 0 amide bonds. The van der Waals surface area contributed by atoms with Gasteiger partial charge in [0, 0.05) is 12.7 Å². The highest BCUT2D eigenvalue weighted by Crippen LogP contribution is 2.06. The summed E-state index contributed by atoms with van der Waals surface area (Å²) in [6.45, 7) is 1.42. The van der Waals surface area contributed by atoms with Gasteiger partial charge in [0.15, 0.2) is 0 Å². The molecule has 4 heteroatoms. The largest absolute Gasteiger partial charge is 0.392 e. The molecule has 0 aliphatic heterocycles. The number of carbonyl (C=O) groups is 1. The molecule has 0 saturated carbocycles. The summed E-state index contributed by atoms with van der Waals surface area (Å²) in [6.07, 6.45) is 3.16. The van der Waals surface area contributed by atoms with Crippen LogP contribution in [0.5, 0.6) is 0 Å². The van der Waals surface area contributed by atoms with Gasteiger partial charge in [-0.1, -0.05) is 0 Å². The van der Waals surface area contributed by atoms with Crippen molar-refractivity contribution >= 4 is 29.8 Å². The zero-order valence-electron chi connectivity index (χ0n) is 6.25. The molecule has 0 N–H and O–H groups in total. The normalized spacial score (nSPS) is 9.40. The van der Waals surface area contributed by atoms with Crippen LogP contribution in [0, 0.1) is 0 Å². The van der Waals surface area contributed by atoms with Crippen molar-refractivity contribution in [2.75, 3.05) is 17.8 Å². The van der Waals surface area contributed by atoms with Gasteiger partial charge in [0.2, 0.25) is 0 Å². The monoisotopic (exact) mass is 180 g/mol. The lowest BCUT2D eigenvalue weighted by atomic mass is 10.6. The highest BCUT2D eigenvalue weighted by molar-refractivity contribution is 7.98. The number of carbonyl (C=O) groups excluding carboxylic acids is 1. The van der Waals surface area contributed by atoms with Gasteiger partial charge in [0.1, 0.15) is 0 Å². The fourth-order valence-electron chi connectivity index (χ4n) is 0.387. The number of hydrogen-bond acceptors (Lipinski definition) is 4. The Bertz CT molecular complexity index is 95.7. The van der Waals surface area contributed by atoms with E-state index in [2.05, 4.69) is 10.4 Å². The van der Waals surface area contributed by atoms with Gasteiger partial charge in [0.25, 0.3) is 0 Å². The number of rotatable bonds is 5. The van der Waals surface area contributed by atoms with Crippen molar-refractivity contribution in [2.24, 2.45) is 0 Å². The second kappa shape index (κ2) is 7.28. The summed E-state index contributed by atoms with van der Waals surface area (Å²) in [7, 11) is 0. The third-order valence-electron chi connectivity index (χ3n) is 0.752. The minimum absolute atomic E-state index is 0.214. The first-order valence-electron chi connectivity index (χ1n) is 3.06. The molecular weight excluding hydrogens is 168 g/mol. The van der Waals surface area contributed by atoms with Crippen molar-refractivity contribution in [3.8, 4) is 0 Å². The predicted octanol–water partition coefficient (Wildman–Crippen LogP) is 1.95. The van der Waals surface area contributed by atoms with Crippen molar-refractivity contribution < 1.29 is 8.98 Å². The second-order valence-electron chi connectivity index (χ2n) is 1.74. The molecule has 60 valence electrons. The summed E-state index contributed by atoms with van der Waals surface area (Å²) in [6, 6.07) is 0. The minimum Gasteiger partial charge on any atom is -0.392 e. The van der Waals surface area contributed by atoms with Gasteiger partial charge >= 0.3 is 5.97 Å². The first kappa shape index (κ1) is 10.2. The third-order valence-corrected chi connectivity index (χ3v) is 2.26. The molecule has 0 aliphatic carbocycles. The van der Waals surface area contributed by atoms with Crippen LogP contribution >= 0.6 is 23.8 Å². The molecule has 0 bridgehead atoms. The maximum atomic E-state index is 10.2. The van der Waals surface area contributed by atoms with Crippen molar-refractivity contribution in [2.45, 2.75) is 13.3 Å². The van der Waals surface area contributed by atoms with Gasteiger partial charge in [-0.3, -0.25) is 4.79 Å². The lowest BCUT2D eigenvalue weighted by molar-refractivity contribution is -0.130. The smallest absolute Gasteiger partial charge is 0.314 e. The Hall–Kier alpha value is 0.170. The van der Waals surface area contributed by atoms with Crippen LogP contribution < -0.4 is 0 Å². The topological polar surface area (TPSA) is 26.3 Å². The molecular formula is C6H12O2S2. The summed E-state index contributed by atoms with van der Waals surface area (Å²) in [5, 5.41) is 0. The summed E-state index contributed by atoms with van der Waals surface area (Å²) in [4.78, 5) is 10.2. The van der Waals surface area contributed by atoms with Gasteiger partial charge in [-0.2, -0.15) is 11.8 Å². The van der Waals surface area contributed by atoms with E-state index in [0.717, 1.165) is 17.9 Å². The summed E-state index contributed by atoms with van der Waals surface area (Å²) < 4.78 is 4.66. The molecule has 10 heavy (non-hydrogen) atoms. The molecule has 0 saturated heterocycles. The van der Waals surface area contributed by atoms with Crippen LogP contribution in [0.25, 0.3) is 0 Å². The van der Waals surface area contributed by atoms with E-state index in [4.69, 9.17) is 0 Å². The highest BCUT2D eigenvalue weighted by atomic mass is 32.2.